The predicted octanol–water partition coefficient (Wildman–Crippen LogP) is 1.000. The molecule has 2 heterocycles. The Bertz CT molecular complexity index is 1110. The molecule has 156 valence electrons. The molecule has 1 saturated heterocycles. The molecule has 0 bridgehead atoms. The summed E-state index contributed by atoms with van der Waals surface area (Å²) in [5.41, 5.74) is 1.28. The van der Waals surface area contributed by atoms with Gasteiger partial charge in [0.25, 0.3) is 0 Å². The van der Waals surface area contributed by atoms with Crippen LogP contribution in [0.3, 0.4) is 0 Å². The van der Waals surface area contributed by atoms with Gasteiger partial charge < -0.3 is 10.1 Å². The van der Waals surface area contributed by atoms with Crippen molar-refractivity contribution in [1.82, 2.24) is 24.5 Å². The van der Waals surface area contributed by atoms with Gasteiger partial charge in [0, 0.05) is 24.3 Å². The monoisotopic (exact) mass is 428 g/mol. The average molecular weight is 428 g/mol. The largest absolute Gasteiger partial charge is 0.379 e. The van der Waals surface area contributed by atoms with Crippen molar-refractivity contribution < 1.29 is 17.9 Å². The molecule has 0 unspecified atom stereocenters. The highest BCUT2D eigenvalue weighted by atomic mass is 32.2. The first-order chi connectivity index (χ1) is 14.5. The molecule has 0 spiro atoms. The number of nitrogens with one attached hydrogen (secondary N) is 1. The number of anilines is 1. The molecule has 1 fully saturated rings. The summed E-state index contributed by atoms with van der Waals surface area (Å²) in [5.74, 6) is 0.0804. The van der Waals surface area contributed by atoms with E-state index in [1.54, 1.807) is 12.1 Å². The number of morpholine rings is 1. The number of aromatic nitrogens is 4. The lowest BCUT2D eigenvalue weighted by Crippen LogP contribution is -2.40. The van der Waals surface area contributed by atoms with E-state index in [1.807, 2.05) is 30.3 Å². The number of rotatable bonds is 6. The molecule has 3 aromatic rings. The van der Waals surface area contributed by atoms with Crippen LogP contribution >= 0.6 is 0 Å². The Kier molecular flexibility index (Phi) is 5.84. The molecular formula is C19H20N6O4S. The van der Waals surface area contributed by atoms with E-state index in [2.05, 4.69) is 20.7 Å². The third-order valence-corrected chi connectivity index (χ3v) is 6.43. The third kappa shape index (κ3) is 4.53. The van der Waals surface area contributed by atoms with E-state index in [9.17, 15) is 13.2 Å². The van der Waals surface area contributed by atoms with Gasteiger partial charge >= 0.3 is 0 Å². The van der Waals surface area contributed by atoms with E-state index in [1.165, 1.54) is 21.2 Å². The van der Waals surface area contributed by atoms with Crippen LogP contribution in [-0.2, 0) is 26.1 Å². The number of hydrogen-bond acceptors (Lipinski definition) is 7. The summed E-state index contributed by atoms with van der Waals surface area (Å²) in [6.07, 6.45) is 0. The lowest BCUT2D eigenvalue weighted by molar-refractivity contribution is -0.117. The number of benzene rings is 2. The van der Waals surface area contributed by atoms with Gasteiger partial charge in [-0.05, 0) is 29.5 Å². The molecule has 1 N–H and O–H groups in total. The first-order valence-electron chi connectivity index (χ1n) is 9.33. The van der Waals surface area contributed by atoms with Crippen LogP contribution < -0.4 is 5.32 Å². The van der Waals surface area contributed by atoms with E-state index >= 15 is 0 Å². The minimum Gasteiger partial charge on any atom is -0.379 e. The Balaban J connectivity index is 1.38. The summed E-state index contributed by atoms with van der Waals surface area (Å²) in [7, 11) is -3.57. The molecule has 0 radical (unpaired) electrons. The highest BCUT2D eigenvalue weighted by Gasteiger charge is 2.26. The topological polar surface area (TPSA) is 119 Å². The molecule has 1 aliphatic rings. The number of carbonyl (C=O) groups is 1. The number of amides is 1. The highest BCUT2D eigenvalue weighted by molar-refractivity contribution is 7.89. The van der Waals surface area contributed by atoms with Crippen LogP contribution in [0.15, 0.2) is 59.5 Å². The van der Waals surface area contributed by atoms with Gasteiger partial charge in [0.2, 0.25) is 21.8 Å². The number of sulfonamides is 1. The Morgan fingerprint density at radius 2 is 1.73 bits per heavy atom. The van der Waals surface area contributed by atoms with Crippen molar-refractivity contribution in [2.45, 2.75) is 11.4 Å². The molecule has 0 atom stereocenters. The predicted molar refractivity (Wildman–Crippen MR) is 108 cm³/mol. The fourth-order valence-electron chi connectivity index (χ4n) is 2.99. The van der Waals surface area contributed by atoms with Crippen molar-refractivity contribution in [2.24, 2.45) is 0 Å². The maximum atomic E-state index is 12.6. The molecule has 11 heteroatoms. The average Bonchev–Trinajstić information content (AvgIpc) is 3.24. The van der Waals surface area contributed by atoms with Crippen molar-refractivity contribution in [3.8, 4) is 11.4 Å². The second-order valence-electron chi connectivity index (χ2n) is 6.60. The van der Waals surface area contributed by atoms with Gasteiger partial charge in [0.05, 0.1) is 18.1 Å². The van der Waals surface area contributed by atoms with Gasteiger partial charge in [0.1, 0.15) is 6.54 Å². The fourth-order valence-corrected chi connectivity index (χ4v) is 4.40. The lowest BCUT2D eigenvalue weighted by atomic mass is 10.2. The fraction of sp³-hybridized carbons (Fsp3) is 0.263. The summed E-state index contributed by atoms with van der Waals surface area (Å²) in [6, 6.07) is 15.4. The van der Waals surface area contributed by atoms with Crippen LogP contribution in [0.4, 0.5) is 5.69 Å². The van der Waals surface area contributed by atoms with Gasteiger partial charge in [0.15, 0.2) is 0 Å². The van der Waals surface area contributed by atoms with E-state index in [4.69, 9.17) is 4.74 Å². The van der Waals surface area contributed by atoms with Gasteiger partial charge in [-0.1, -0.05) is 30.3 Å². The summed E-state index contributed by atoms with van der Waals surface area (Å²) >= 11 is 0. The first-order valence-corrected chi connectivity index (χ1v) is 10.8. The Labute approximate surface area is 173 Å². The van der Waals surface area contributed by atoms with Gasteiger partial charge in [-0.3, -0.25) is 4.79 Å². The Morgan fingerprint density at radius 1 is 1.03 bits per heavy atom. The van der Waals surface area contributed by atoms with Crippen LogP contribution in [0.5, 0.6) is 0 Å². The second kappa shape index (κ2) is 8.69. The lowest BCUT2D eigenvalue weighted by Gasteiger charge is -2.26. The summed E-state index contributed by atoms with van der Waals surface area (Å²) < 4.78 is 31.9. The highest BCUT2D eigenvalue weighted by Crippen LogP contribution is 2.19. The number of ether oxygens (including phenoxy) is 1. The van der Waals surface area contributed by atoms with Gasteiger partial charge in [-0.15, -0.1) is 10.2 Å². The summed E-state index contributed by atoms with van der Waals surface area (Å²) in [5, 5.41) is 14.7. The zero-order valence-electron chi connectivity index (χ0n) is 16.0. The minimum absolute atomic E-state index is 0.117. The number of nitrogens with zero attached hydrogens (tertiary/aromatic N) is 5. The first kappa shape index (κ1) is 20.1. The second-order valence-corrected chi connectivity index (χ2v) is 8.54. The SMILES string of the molecule is O=C(Cn1nnc(-c2ccccc2)n1)Nc1ccc(S(=O)(=O)N2CCOCC2)cc1. The number of tetrazole rings is 1. The van der Waals surface area contributed by atoms with Gasteiger partial charge in [-0.2, -0.15) is 9.10 Å². The molecule has 1 aliphatic heterocycles. The maximum Gasteiger partial charge on any atom is 0.248 e. The van der Waals surface area contributed by atoms with Gasteiger partial charge in [-0.25, -0.2) is 8.42 Å². The molecule has 0 saturated carbocycles. The van der Waals surface area contributed by atoms with Crippen LogP contribution in [0.25, 0.3) is 11.4 Å². The molecule has 2 aromatic carbocycles. The van der Waals surface area contributed by atoms with Crippen LogP contribution in [-0.4, -0.2) is 65.1 Å². The zero-order chi connectivity index (χ0) is 21.0. The van der Waals surface area contributed by atoms with Crippen LogP contribution in [0.2, 0.25) is 0 Å². The maximum absolute atomic E-state index is 12.6. The smallest absolute Gasteiger partial charge is 0.248 e. The third-order valence-electron chi connectivity index (χ3n) is 4.52. The van der Waals surface area contributed by atoms with Crippen LogP contribution in [0.1, 0.15) is 0 Å². The number of hydrogen-bond donors (Lipinski definition) is 1. The summed E-state index contributed by atoms with van der Waals surface area (Å²) in [6.45, 7) is 1.31. The van der Waals surface area contributed by atoms with E-state index in [0.29, 0.717) is 37.8 Å². The van der Waals surface area contributed by atoms with Crippen molar-refractivity contribution in [3.63, 3.8) is 0 Å². The number of carbonyl (C=O) groups excluding carboxylic acids is 1. The molecule has 30 heavy (non-hydrogen) atoms. The standard InChI is InChI=1S/C19H20N6O4S/c26-18(14-25-22-19(21-23-25)15-4-2-1-3-5-15)20-16-6-8-17(9-7-16)30(27,28)24-10-12-29-13-11-24/h1-9H,10-14H2,(H,20,26). The van der Waals surface area contributed by atoms with E-state index in [-0.39, 0.29) is 17.3 Å². The Morgan fingerprint density at radius 3 is 2.43 bits per heavy atom. The van der Waals surface area contributed by atoms with Crippen molar-refractivity contribution >= 4 is 21.6 Å². The van der Waals surface area contributed by atoms with Crippen LogP contribution in [0, 0.1) is 0 Å². The molecule has 0 aliphatic carbocycles. The molecule has 10 nitrogen and oxygen atoms in total. The quantitative estimate of drug-likeness (QED) is 0.622. The molecule has 4 rings (SSSR count). The van der Waals surface area contributed by atoms with Crippen molar-refractivity contribution in [2.75, 3.05) is 31.6 Å². The summed E-state index contributed by atoms with van der Waals surface area (Å²) in [4.78, 5) is 13.7. The zero-order valence-corrected chi connectivity index (χ0v) is 16.8. The normalized spacial score (nSPS) is 15.1. The molecular weight excluding hydrogens is 408 g/mol. The Hall–Kier alpha value is -3.15. The van der Waals surface area contributed by atoms with Crippen molar-refractivity contribution in [1.29, 1.82) is 0 Å². The van der Waals surface area contributed by atoms with E-state index in [0.717, 1.165) is 5.56 Å². The molecule has 1 amide bonds. The van der Waals surface area contributed by atoms with E-state index < -0.39 is 10.0 Å². The van der Waals surface area contributed by atoms with Crippen molar-refractivity contribution in [3.05, 3.63) is 54.6 Å². The molecule has 1 aromatic heterocycles. The minimum atomic E-state index is -3.57.